The summed E-state index contributed by atoms with van der Waals surface area (Å²) in [6.07, 6.45) is 0.737. The molecule has 0 saturated carbocycles. The Kier molecular flexibility index (Phi) is 4.81. The topological polar surface area (TPSA) is 67.9 Å². The van der Waals surface area contributed by atoms with E-state index in [-0.39, 0.29) is 6.03 Å². The number of urea groups is 1. The summed E-state index contributed by atoms with van der Waals surface area (Å²) in [5.74, 6) is 0.979. The Morgan fingerprint density at radius 2 is 2.25 bits per heavy atom. The van der Waals surface area contributed by atoms with Crippen LogP contribution in [-0.4, -0.2) is 50.1 Å². The summed E-state index contributed by atoms with van der Waals surface area (Å²) in [4.78, 5) is 24.1. The lowest BCUT2D eigenvalue weighted by molar-refractivity contribution is 0.111. The van der Waals surface area contributed by atoms with Crippen LogP contribution >= 0.6 is 0 Å². The van der Waals surface area contributed by atoms with Crippen molar-refractivity contribution in [3.05, 3.63) is 23.8 Å². The van der Waals surface area contributed by atoms with Gasteiger partial charge in [0.15, 0.2) is 17.8 Å². The average molecular weight is 278 g/mol. The van der Waals surface area contributed by atoms with E-state index in [9.17, 15) is 9.59 Å². The van der Waals surface area contributed by atoms with Gasteiger partial charge in [0.1, 0.15) is 6.61 Å². The van der Waals surface area contributed by atoms with E-state index in [0.717, 1.165) is 6.29 Å². The monoisotopic (exact) mass is 278 g/mol. The molecule has 0 aromatic heterocycles. The molecule has 2 rings (SSSR count). The number of aldehydes is 1. The predicted octanol–water partition coefficient (Wildman–Crippen LogP) is 1.30. The highest BCUT2D eigenvalue weighted by Crippen LogP contribution is 2.30. The lowest BCUT2D eigenvalue weighted by atomic mass is 10.2. The molecule has 1 fully saturated rings. The zero-order valence-corrected chi connectivity index (χ0v) is 11.4. The summed E-state index contributed by atoms with van der Waals surface area (Å²) in [5, 5.41) is 2.72. The van der Waals surface area contributed by atoms with Crippen LogP contribution in [0, 0.1) is 0 Å². The molecule has 20 heavy (non-hydrogen) atoms. The van der Waals surface area contributed by atoms with Crippen molar-refractivity contribution in [2.24, 2.45) is 0 Å². The minimum Gasteiger partial charge on any atom is -0.490 e. The van der Waals surface area contributed by atoms with E-state index in [1.54, 1.807) is 23.1 Å². The van der Waals surface area contributed by atoms with Crippen LogP contribution in [0.3, 0.4) is 0 Å². The van der Waals surface area contributed by atoms with Crippen LogP contribution in [0.5, 0.6) is 11.5 Å². The Bertz CT molecular complexity index is 490. The quantitative estimate of drug-likeness (QED) is 0.763. The van der Waals surface area contributed by atoms with Crippen molar-refractivity contribution in [2.75, 3.05) is 32.8 Å². The van der Waals surface area contributed by atoms with E-state index < -0.39 is 0 Å². The number of nitrogens with zero attached hydrogens (tertiary/aromatic N) is 1. The molecule has 1 N–H and O–H groups in total. The third kappa shape index (κ3) is 3.20. The summed E-state index contributed by atoms with van der Waals surface area (Å²) < 4.78 is 11.1. The predicted molar refractivity (Wildman–Crippen MR) is 73.5 cm³/mol. The highest BCUT2D eigenvalue weighted by atomic mass is 16.5. The SMILES string of the molecule is CCOc1cccc(C=O)c1OCCN1CCNC1=O. The van der Waals surface area contributed by atoms with Gasteiger partial charge in [0, 0.05) is 13.1 Å². The fourth-order valence-electron chi connectivity index (χ4n) is 2.03. The van der Waals surface area contributed by atoms with E-state index in [4.69, 9.17) is 9.47 Å². The molecule has 0 radical (unpaired) electrons. The molecule has 6 nitrogen and oxygen atoms in total. The zero-order valence-electron chi connectivity index (χ0n) is 11.4. The maximum absolute atomic E-state index is 11.4. The molecule has 1 aromatic rings. The summed E-state index contributed by atoms with van der Waals surface area (Å²) in [5.41, 5.74) is 0.446. The summed E-state index contributed by atoms with van der Waals surface area (Å²) in [6, 6.07) is 5.10. The van der Waals surface area contributed by atoms with Gasteiger partial charge in [0.05, 0.1) is 18.7 Å². The van der Waals surface area contributed by atoms with Crippen molar-refractivity contribution in [1.82, 2.24) is 10.2 Å². The molecule has 0 aliphatic carbocycles. The fraction of sp³-hybridized carbons (Fsp3) is 0.429. The minimum absolute atomic E-state index is 0.0812. The van der Waals surface area contributed by atoms with Crippen molar-refractivity contribution in [1.29, 1.82) is 0 Å². The van der Waals surface area contributed by atoms with Gasteiger partial charge in [-0.15, -0.1) is 0 Å². The number of amides is 2. The van der Waals surface area contributed by atoms with Crippen LogP contribution in [0.25, 0.3) is 0 Å². The summed E-state index contributed by atoms with van der Waals surface area (Å²) >= 11 is 0. The number of para-hydroxylation sites is 1. The Morgan fingerprint density at radius 1 is 1.40 bits per heavy atom. The lowest BCUT2D eigenvalue weighted by Gasteiger charge is -2.17. The maximum atomic E-state index is 11.4. The highest BCUT2D eigenvalue weighted by Gasteiger charge is 2.19. The van der Waals surface area contributed by atoms with Crippen LogP contribution < -0.4 is 14.8 Å². The van der Waals surface area contributed by atoms with Gasteiger partial charge in [-0.1, -0.05) is 6.07 Å². The molecule has 0 atom stereocenters. The van der Waals surface area contributed by atoms with E-state index in [1.165, 1.54) is 0 Å². The van der Waals surface area contributed by atoms with Gasteiger partial charge in [-0.05, 0) is 19.1 Å². The maximum Gasteiger partial charge on any atom is 0.317 e. The third-order valence-corrected chi connectivity index (χ3v) is 2.99. The first-order chi connectivity index (χ1) is 9.76. The number of ether oxygens (including phenoxy) is 2. The first-order valence-corrected chi connectivity index (χ1v) is 6.62. The highest BCUT2D eigenvalue weighted by molar-refractivity contribution is 5.81. The van der Waals surface area contributed by atoms with Crippen molar-refractivity contribution in [2.45, 2.75) is 6.92 Å². The molecule has 0 unspecified atom stereocenters. The second-order valence-electron chi connectivity index (χ2n) is 4.29. The molecular formula is C14H18N2O4. The van der Waals surface area contributed by atoms with Gasteiger partial charge in [0.25, 0.3) is 0 Å². The molecule has 1 aliphatic rings. The fourth-order valence-corrected chi connectivity index (χ4v) is 2.03. The Morgan fingerprint density at radius 3 is 2.90 bits per heavy atom. The Labute approximate surface area is 117 Å². The standard InChI is InChI=1S/C14H18N2O4/c1-2-19-12-5-3-4-11(10-17)13(12)20-9-8-16-7-6-15-14(16)18/h3-5,10H,2,6-9H2,1H3,(H,15,18). The van der Waals surface area contributed by atoms with Crippen molar-refractivity contribution < 1.29 is 19.1 Å². The van der Waals surface area contributed by atoms with Gasteiger partial charge in [-0.2, -0.15) is 0 Å². The molecule has 6 heteroatoms. The number of benzene rings is 1. The van der Waals surface area contributed by atoms with Gasteiger partial charge in [0.2, 0.25) is 0 Å². The van der Waals surface area contributed by atoms with Crippen LogP contribution in [0.2, 0.25) is 0 Å². The Balaban J connectivity index is 2.00. The molecule has 1 heterocycles. The lowest BCUT2D eigenvalue weighted by Crippen LogP contribution is -2.32. The average Bonchev–Trinajstić information content (AvgIpc) is 2.86. The minimum atomic E-state index is -0.0812. The third-order valence-electron chi connectivity index (χ3n) is 2.99. The molecular weight excluding hydrogens is 260 g/mol. The Hall–Kier alpha value is -2.24. The normalized spacial score (nSPS) is 14.1. The second kappa shape index (κ2) is 6.79. The second-order valence-corrected chi connectivity index (χ2v) is 4.29. The van der Waals surface area contributed by atoms with E-state index in [0.29, 0.717) is 49.9 Å². The van der Waals surface area contributed by atoms with Crippen LogP contribution in [0.4, 0.5) is 4.79 Å². The van der Waals surface area contributed by atoms with Gasteiger partial charge in [-0.25, -0.2) is 4.79 Å². The van der Waals surface area contributed by atoms with E-state index >= 15 is 0 Å². The molecule has 1 aliphatic heterocycles. The number of hydrogen-bond acceptors (Lipinski definition) is 4. The van der Waals surface area contributed by atoms with Gasteiger partial charge in [-0.3, -0.25) is 4.79 Å². The van der Waals surface area contributed by atoms with Crippen LogP contribution in [-0.2, 0) is 0 Å². The molecule has 0 spiro atoms. The smallest absolute Gasteiger partial charge is 0.317 e. The van der Waals surface area contributed by atoms with E-state index in [1.807, 2.05) is 6.92 Å². The number of nitrogens with one attached hydrogen (secondary N) is 1. The number of rotatable bonds is 7. The number of carbonyl (C=O) groups is 2. The molecule has 108 valence electrons. The van der Waals surface area contributed by atoms with Crippen molar-refractivity contribution in [3.63, 3.8) is 0 Å². The van der Waals surface area contributed by atoms with Gasteiger partial charge >= 0.3 is 6.03 Å². The molecule has 1 aromatic carbocycles. The molecule has 2 amide bonds. The summed E-state index contributed by atoms with van der Waals surface area (Å²) in [6.45, 7) is 4.49. The van der Waals surface area contributed by atoms with Crippen molar-refractivity contribution in [3.8, 4) is 11.5 Å². The molecule has 0 bridgehead atoms. The van der Waals surface area contributed by atoms with Gasteiger partial charge < -0.3 is 19.7 Å². The summed E-state index contributed by atoms with van der Waals surface area (Å²) in [7, 11) is 0. The van der Waals surface area contributed by atoms with Crippen molar-refractivity contribution >= 4 is 12.3 Å². The first-order valence-electron chi connectivity index (χ1n) is 6.62. The largest absolute Gasteiger partial charge is 0.490 e. The number of carbonyl (C=O) groups excluding carboxylic acids is 2. The number of hydrogen-bond donors (Lipinski definition) is 1. The van der Waals surface area contributed by atoms with Crippen LogP contribution in [0.15, 0.2) is 18.2 Å². The zero-order chi connectivity index (χ0) is 14.4. The first kappa shape index (κ1) is 14.2. The molecule has 1 saturated heterocycles. The van der Waals surface area contributed by atoms with Crippen LogP contribution in [0.1, 0.15) is 17.3 Å². The van der Waals surface area contributed by atoms with E-state index in [2.05, 4.69) is 5.32 Å².